The second kappa shape index (κ2) is 13.6. The first-order chi connectivity index (χ1) is 20.0. The van der Waals surface area contributed by atoms with E-state index in [0.717, 1.165) is 31.2 Å². The van der Waals surface area contributed by atoms with Gasteiger partial charge in [-0.1, -0.05) is 91.3 Å². The van der Waals surface area contributed by atoms with Gasteiger partial charge in [-0.3, -0.25) is 4.79 Å². The van der Waals surface area contributed by atoms with Crippen LogP contribution >= 0.6 is 0 Å². The fraction of sp³-hybridized carbons (Fsp3) is 0.314. The smallest absolute Gasteiger partial charge is 0.331 e. The van der Waals surface area contributed by atoms with Crippen LogP contribution in [-0.2, 0) is 16.1 Å². The molecular formula is C35H38N2O4. The number of aliphatic hydroxyl groups is 1. The molecule has 0 spiro atoms. The number of carbonyl (C=O) groups is 2. The molecule has 1 amide bonds. The number of nitrogens with one attached hydrogen (secondary N) is 2. The predicted molar refractivity (Wildman–Crippen MR) is 162 cm³/mol. The molecule has 4 atom stereocenters. The first-order valence-electron chi connectivity index (χ1n) is 14.5. The number of rotatable bonds is 10. The van der Waals surface area contributed by atoms with Gasteiger partial charge in [0.2, 0.25) is 0 Å². The van der Waals surface area contributed by atoms with Gasteiger partial charge in [0.25, 0.3) is 5.91 Å². The van der Waals surface area contributed by atoms with E-state index in [0.29, 0.717) is 17.5 Å². The molecule has 3 unspecified atom stereocenters. The average Bonchev–Trinajstić information content (AvgIpc) is 3.02. The van der Waals surface area contributed by atoms with Crippen LogP contribution in [0.3, 0.4) is 0 Å². The van der Waals surface area contributed by atoms with Crippen LogP contribution in [-0.4, -0.2) is 35.7 Å². The van der Waals surface area contributed by atoms with Crippen molar-refractivity contribution in [1.82, 2.24) is 10.6 Å². The Morgan fingerprint density at radius 3 is 2.41 bits per heavy atom. The maximum Gasteiger partial charge on any atom is 0.331 e. The van der Waals surface area contributed by atoms with Crippen molar-refractivity contribution in [3.05, 3.63) is 119 Å². The van der Waals surface area contributed by atoms with Crippen molar-refractivity contribution >= 4 is 22.6 Å². The number of hydrogen-bond donors (Lipinski definition) is 3. The Labute approximate surface area is 241 Å². The number of benzene rings is 4. The van der Waals surface area contributed by atoms with Gasteiger partial charge in [0.15, 0.2) is 6.04 Å². The highest BCUT2D eigenvalue weighted by atomic mass is 16.5. The maximum absolute atomic E-state index is 12.8. The summed E-state index contributed by atoms with van der Waals surface area (Å²) in [6, 6.07) is 31.5. The SMILES string of the molecule is CC(NC1CCC[C@H](c2ccc(C(=O)NC(CO)C(=O)OCc3ccccc3)cc2)C1)c1cccc2ccccc12. The van der Waals surface area contributed by atoms with Crippen LogP contribution in [0.1, 0.15) is 71.6 Å². The zero-order valence-electron chi connectivity index (χ0n) is 23.5. The standard InChI is InChI=1S/C35H38N2O4/c1-24(31-16-8-12-27-11-5-6-15-32(27)31)36-30-14-7-13-29(21-30)26-17-19-28(20-18-26)34(39)37-33(22-38)35(40)41-23-25-9-3-2-4-10-25/h2-6,8-12,15-20,24,29-30,33,36,38H,7,13-14,21-23H2,1H3,(H,37,39)/t24?,29-,30?,33?/m0/s1. The van der Waals surface area contributed by atoms with Crippen molar-refractivity contribution < 1.29 is 19.4 Å². The van der Waals surface area contributed by atoms with Gasteiger partial charge >= 0.3 is 5.97 Å². The van der Waals surface area contributed by atoms with E-state index < -0.39 is 24.5 Å². The Morgan fingerprint density at radius 1 is 0.902 bits per heavy atom. The number of aliphatic hydroxyl groups excluding tert-OH is 1. The average molecular weight is 551 g/mol. The lowest BCUT2D eigenvalue weighted by atomic mass is 9.80. The number of hydrogen-bond acceptors (Lipinski definition) is 5. The van der Waals surface area contributed by atoms with E-state index in [1.165, 1.54) is 21.9 Å². The molecule has 41 heavy (non-hydrogen) atoms. The number of carbonyl (C=O) groups excluding carboxylic acids is 2. The van der Waals surface area contributed by atoms with Gasteiger partial charge in [-0.15, -0.1) is 0 Å². The van der Waals surface area contributed by atoms with Crippen molar-refractivity contribution in [2.75, 3.05) is 6.61 Å². The summed E-state index contributed by atoms with van der Waals surface area (Å²) in [6.07, 6.45) is 4.46. The molecule has 0 aromatic heterocycles. The summed E-state index contributed by atoms with van der Waals surface area (Å²) in [6.45, 7) is 1.79. The molecule has 6 nitrogen and oxygen atoms in total. The fourth-order valence-electron chi connectivity index (χ4n) is 5.87. The van der Waals surface area contributed by atoms with E-state index in [1.807, 2.05) is 42.5 Å². The van der Waals surface area contributed by atoms with Crippen molar-refractivity contribution in [1.29, 1.82) is 0 Å². The molecule has 4 aromatic carbocycles. The second-order valence-electron chi connectivity index (χ2n) is 10.9. The molecule has 1 aliphatic carbocycles. The van der Waals surface area contributed by atoms with Gasteiger partial charge in [-0.25, -0.2) is 4.79 Å². The Kier molecular flexibility index (Phi) is 9.44. The van der Waals surface area contributed by atoms with Gasteiger partial charge in [0.1, 0.15) is 6.61 Å². The Morgan fingerprint density at radius 2 is 1.63 bits per heavy atom. The molecule has 0 bridgehead atoms. The quantitative estimate of drug-likeness (QED) is 0.209. The summed E-state index contributed by atoms with van der Waals surface area (Å²) in [4.78, 5) is 25.3. The Hall–Kier alpha value is -4.00. The van der Waals surface area contributed by atoms with E-state index in [2.05, 4.69) is 60.0 Å². The van der Waals surface area contributed by atoms with Gasteiger partial charge in [-0.2, -0.15) is 0 Å². The third-order valence-corrected chi connectivity index (χ3v) is 8.09. The number of ether oxygens (including phenoxy) is 1. The largest absolute Gasteiger partial charge is 0.459 e. The molecule has 5 rings (SSSR count). The molecule has 0 aliphatic heterocycles. The predicted octanol–water partition coefficient (Wildman–Crippen LogP) is 6.05. The minimum Gasteiger partial charge on any atom is -0.459 e. The second-order valence-corrected chi connectivity index (χ2v) is 10.9. The molecule has 0 radical (unpaired) electrons. The summed E-state index contributed by atoms with van der Waals surface area (Å²) < 4.78 is 5.28. The summed E-state index contributed by atoms with van der Waals surface area (Å²) >= 11 is 0. The zero-order valence-corrected chi connectivity index (χ0v) is 23.5. The molecule has 212 valence electrons. The minimum atomic E-state index is -1.13. The van der Waals surface area contributed by atoms with Crippen LogP contribution in [0.15, 0.2) is 97.1 Å². The Balaban J connectivity index is 1.16. The lowest BCUT2D eigenvalue weighted by Crippen LogP contribution is -2.44. The van der Waals surface area contributed by atoms with E-state index in [1.54, 1.807) is 12.1 Å². The van der Waals surface area contributed by atoms with Crippen LogP contribution < -0.4 is 10.6 Å². The lowest BCUT2D eigenvalue weighted by Gasteiger charge is -2.32. The molecule has 3 N–H and O–H groups in total. The highest BCUT2D eigenvalue weighted by molar-refractivity contribution is 5.96. The summed E-state index contributed by atoms with van der Waals surface area (Å²) in [7, 11) is 0. The molecule has 6 heteroatoms. The third kappa shape index (κ3) is 7.20. The van der Waals surface area contributed by atoms with E-state index >= 15 is 0 Å². The minimum absolute atomic E-state index is 0.0820. The molecule has 1 saturated carbocycles. The number of fused-ring (bicyclic) bond motifs is 1. The van der Waals surface area contributed by atoms with E-state index in [4.69, 9.17) is 4.74 Å². The van der Waals surface area contributed by atoms with E-state index in [-0.39, 0.29) is 12.6 Å². The van der Waals surface area contributed by atoms with Crippen LogP contribution in [0, 0.1) is 0 Å². The van der Waals surface area contributed by atoms with Crippen LogP contribution in [0.5, 0.6) is 0 Å². The number of amides is 1. The normalized spacial score (nSPS) is 18.4. The maximum atomic E-state index is 12.8. The molecule has 0 heterocycles. The van der Waals surface area contributed by atoms with E-state index in [9.17, 15) is 14.7 Å². The fourth-order valence-corrected chi connectivity index (χ4v) is 5.87. The molecule has 1 aliphatic rings. The highest BCUT2D eigenvalue weighted by Gasteiger charge is 2.26. The molecule has 4 aromatic rings. The van der Waals surface area contributed by atoms with Crippen molar-refractivity contribution in [3.63, 3.8) is 0 Å². The first-order valence-corrected chi connectivity index (χ1v) is 14.5. The van der Waals surface area contributed by atoms with Gasteiger partial charge < -0.3 is 20.5 Å². The van der Waals surface area contributed by atoms with Crippen molar-refractivity contribution in [3.8, 4) is 0 Å². The van der Waals surface area contributed by atoms with Crippen LogP contribution in [0.2, 0.25) is 0 Å². The summed E-state index contributed by atoms with van der Waals surface area (Å²) in [5, 5.41) is 18.7. The van der Waals surface area contributed by atoms with Crippen LogP contribution in [0.4, 0.5) is 0 Å². The number of esters is 1. The van der Waals surface area contributed by atoms with Gasteiger partial charge in [-0.05, 0) is 71.7 Å². The van der Waals surface area contributed by atoms with Gasteiger partial charge in [0.05, 0.1) is 6.61 Å². The highest BCUT2D eigenvalue weighted by Crippen LogP contribution is 2.34. The molecule has 0 saturated heterocycles. The van der Waals surface area contributed by atoms with Crippen molar-refractivity contribution in [2.24, 2.45) is 0 Å². The summed E-state index contributed by atoms with van der Waals surface area (Å²) in [5.41, 5.74) is 3.82. The van der Waals surface area contributed by atoms with Gasteiger partial charge in [0, 0.05) is 17.6 Å². The molecule has 1 fully saturated rings. The summed E-state index contributed by atoms with van der Waals surface area (Å²) in [5.74, 6) is -0.671. The first kappa shape index (κ1) is 28.5. The Bertz CT molecular complexity index is 1450. The lowest BCUT2D eigenvalue weighted by molar-refractivity contribution is -0.148. The van der Waals surface area contributed by atoms with Crippen molar-refractivity contribution in [2.45, 2.75) is 63.3 Å². The molecular weight excluding hydrogens is 512 g/mol. The monoisotopic (exact) mass is 550 g/mol. The third-order valence-electron chi connectivity index (χ3n) is 8.09. The topological polar surface area (TPSA) is 87.7 Å². The zero-order chi connectivity index (χ0) is 28.6. The van der Waals surface area contributed by atoms with Crippen LogP contribution in [0.25, 0.3) is 10.8 Å².